The molecule has 2 amide bonds. The molecule has 0 bridgehead atoms. The van der Waals surface area contributed by atoms with Crippen LogP contribution >= 0.6 is 0 Å². The van der Waals surface area contributed by atoms with Crippen LogP contribution in [0, 0.1) is 20.8 Å². The zero-order valence-corrected chi connectivity index (χ0v) is 11.6. The second-order valence-corrected chi connectivity index (χ2v) is 5.09. The Morgan fingerprint density at radius 2 is 1.65 bits per heavy atom. The summed E-state index contributed by atoms with van der Waals surface area (Å²) in [6.07, 6.45) is 1.53. The highest BCUT2D eigenvalue weighted by atomic mass is 16.2. The van der Waals surface area contributed by atoms with E-state index in [2.05, 4.69) is 4.98 Å². The summed E-state index contributed by atoms with van der Waals surface area (Å²) < 4.78 is 0. The van der Waals surface area contributed by atoms with Gasteiger partial charge in [0.2, 0.25) is 0 Å². The predicted octanol–water partition coefficient (Wildman–Crippen LogP) is 2.81. The number of hydrogen-bond acceptors (Lipinski definition) is 3. The second-order valence-electron chi connectivity index (χ2n) is 5.09. The minimum absolute atomic E-state index is 0.233. The van der Waals surface area contributed by atoms with Gasteiger partial charge in [0.15, 0.2) is 0 Å². The zero-order chi connectivity index (χ0) is 14.4. The number of carbonyl (C=O) groups is 2. The summed E-state index contributed by atoms with van der Waals surface area (Å²) >= 11 is 0. The van der Waals surface area contributed by atoms with Crippen molar-refractivity contribution in [3.05, 3.63) is 58.4 Å². The van der Waals surface area contributed by atoms with E-state index < -0.39 is 0 Å². The molecule has 0 atom stereocenters. The summed E-state index contributed by atoms with van der Waals surface area (Å²) in [5.41, 5.74) is 4.21. The molecule has 1 aliphatic rings. The average molecular weight is 266 g/mol. The maximum Gasteiger partial charge on any atom is 0.284 e. The number of carbonyl (C=O) groups excluding carboxylic acids is 2. The average Bonchev–Trinajstić information content (AvgIpc) is 2.64. The van der Waals surface area contributed by atoms with Gasteiger partial charge in [-0.25, -0.2) is 4.90 Å². The van der Waals surface area contributed by atoms with Crippen LogP contribution in [0.3, 0.4) is 0 Å². The van der Waals surface area contributed by atoms with Gasteiger partial charge in [-0.05, 0) is 44.0 Å². The van der Waals surface area contributed by atoms with Crippen molar-refractivity contribution in [3.63, 3.8) is 0 Å². The number of rotatable bonds is 1. The van der Waals surface area contributed by atoms with Crippen LogP contribution in [-0.4, -0.2) is 16.8 Å². The Hall–Kier alpha value is -2.49. The molecule has 100 valence electrons. The van der Waals surface area contributed by atoms with Crippen molar-refractivity contribution in [3.8, 4) is 0 Å². The van der Waals surface area contributed by atoms with Crippen LogP contribution in [-0.2, 0) is 0 Å². The van der Waals surface area contributed by atoms with Crippen molar-refractivity contribution >= 4 is 17.5 Å². The van der Waals surface area contributed by atoms with Gasteiger partial charge in [-0.1, -0.05) is 17.7 Å². The molecule has 0 N–H and O–H groups in total. The summed E-state index contributed by atoms with van der Waals surface area (Å²) in [5, 5.41) is 0. The van der Waals surface area contributed by atoms with Crippen LogP contribution in [0.1, 0.15) is 37.5 Å². The highest BCUT2D eigenvalue weighted by Crippen LogP contribution is 2.32. The Morgan fingerprint density at radius 3 is 2.25 bits per heavy atom. The highest BCUT2D eigenvalue weighted by molar-refractivity contribution is 6.34. The summed E-state index contributed by atoms with van der Waals surface area (Å²) in [7, 11) is 0. The molecule has 0 saturated heterocycles. The lowest BCUT2D eigenvalue weighted by Gasteiger charge is -2.19. The first-order valence-electron chi connectivity index (χ1n) is 6.42. The number of nitrogens with zero attached hydrogens (tertiary/aromatic N) is 2. The molecule has 0 saturated carbocycles. The molecule has 2 heterocycles. The molecule has 1 aliphatic heterocycles. The lowest BCUT2D eigenvalue weighted by molar-refractivity contribution is 0.0924. The molecule has 3 rings (SSSR count). The summed E-state index contributed by atoms with van der Waals surface area (Å²) in [6, 6.07) is 7.25. The fourth-order valence-corrected chi connectivity index (χ4v) is 2.80. The van der Waals surface area contributed by atoms with E-state index in [-0.39, 0.29) is 17.5 Å². The smallest absolute Gasteiger partial charge is 0.268 e. The monoisotopic (exact) mass is 266 g/mol. The number of pyridine rings is 1. The molecule has 1 aromatic carbocycles. The fraction of sp³-hybridized carbons (Fsp3) is 0.188. The van der Waals surface area contributed by atoms with Crippen LogP contribution in [0.15, 0.2) is 30.5 Å². The Morgan fingerprint density at radius 1 is 1.00 bits per heavy atom. The van der Waals surface area contributed by atoms with Crippen molar-refractivity contribution in [2.24, 2.45) is 0 Å². The SMILES string of the molecule is Cc1cc(C)c(N2C(=O)c3cccnc3C2=O)c(C)c1. The third-order valence-corrected chi connectivity index (χ3v) is 3.51. The Kier molecular flexibility index (Phi) is 2.67. The van der Waals surface area contributed by atoms with Crippen LogP contribution in [0.2, 0.25) is 0 Å². The molecule has 2 aromatic rings. The molecule has 0 spiro atoms. The minimum Gasteiger partial charge on any atom is -0.268 e. The normalized spacial score (nSPS) is 13.8. The molecular formula is C16H14N2O2. The highest BCUT2D eigenvalue weighted by Gasteiger charge is 2.38. The predicted molar refractivity (Wildman–Crippen MR) is 76.0 cm³/mol. The van der Waals surface area contributed by atoms with Crippen LogP contribution in [0.25, 0.3) is 0 Å². The van der Waals surface area contributed by atoms with Gasteiger partial charge in [0, 0.05) is 6.20 Å². The van der Waals surface area contributed by atoms with Crippen LogP contribution in [0.5, 0.6) is 0 Å². The number of anilines is 1. The number of amides is 2. The van der Waals surface area contributed by atoms with Gasteiger partial charge >= 0.3 is 0 Å². The van der Waals surface area contributed by atoms with E-state index in [1.165, 1.54) is 11.1 Å². The molecule has 4 heteroatoms. The van der Waals surface area contributed by atoms with Gasteiger partial charge in [-0.2, -0.15) is 0 Å². The molecule has 0 fully saturated rings. The maximum absolute atomic E-state index is 12.5. The quantitative estimate of drug-likeness (QED) is 0.746. The second kappa shape index (κ2) is 4.27. The number of aryl methyl sites for hydroxylation is 3. The molecule has 0 radical (unpaired) electrons. The third-order valence-electron chi connectivity index (χ3n) is 3.51. The summed E-state index contributed by atoms with van der Waals surface area (Å²) in [6.45, 7) is 5.81. The van der Waals surface area contributed by atoms with Crippen molar-refractivity contribution in [2.45, 2.75) is 20.8 Å². The number of imide groups is 1. The largest absolute Gasteiger partial charge is 0.284 e. The van der Waals surface area contributed by atoms with Crippen LogP contribution < -0.4 is 4.90 Å². The zero-order valence-electron chi connectivity index (χ0n) is 11.6. The molecule has 0 unspecified atom stereocenters. The lowest BCUT2D eigenvalue weighted by Crippen LogP contribution is -2.31. The standard InChI is InChI=1S/C16H14N2O2/c1-9-7-10(2)14(11(3)8-9)18-15(19)12-5-4-6-17-13(12)16(18)20/h4-8H,1-3H3. The van der Waals surface area contributed by atoms with Crippen molar-refractivity contribution in [1.82, 2.24) is 4.98 Å². The van der Waals surface area contributed by atoms with Crippen molar-refractivity contribution < 1.29 is 9.59 Å². The van der Waals surface area contributed by atoms with Gasteiger partial charge in [-0.15, -0.1) is 0 Å². The number of aromatic nitrogens is 1. The third kappa shape index (κ3) is 1.65. The summed E-state index contributed by atoms with van der Waals surface area (Å²) in [5.74, 6) is -0.645. The number of fused-ring (bicyclic) bond motifs is 1. The van der Waals surface area contributed by atoms with Crippen molar-refractivity contribution in [1.29, 1.82) is 0 Å². The Balaban J connectivity index is 2.19. The number of hydrogen-bond donors (Lipinski definition) is 0. The van der Waals surface area contributed by atoms with Crippen molar-refractivity contribution in [2.75, 3.05) is 4.90 Å². The molecule has 4 nitrogen and oxygen atoms in total. The van der Waals surface area contributed by atoms with Gasteiger partial charge in [-0.3, -0.25) is 14.6 Å². The van der Waals surface area contributed by atoms with Gasteiger partial charge < -0.3 is 0 Å². The molecular weight excluding hydrogens is 252 g/mol. The van der Waals surface area contributed by atoms with E-state index in [9.17, 15) is 9.59 Å². The van der Waals surface area contributed by atoms with E-state index in [1.807, 2.05) is 32.9 Å². The van der Waals surface area contributed by atoms with E-state index >= 15 is 0 Å². The molecule has 20 heavy (non-hydrogen) atoms. The number of benzene rings is 1. The fourth-order valence-electron chi connectivity index (χ4n) is 2.80. The van der Waals surface area contributed by atoms with Gasteiger partial charge in [0.05, 0.1) is 11.3 Å². The van der Waals surface area contributed by atoms with E-state index in [0.29, 0.717) is 11.3 Å². The van der Waals surface area contributed by atoms with Gasteiger partial charge in [0.25, 0.3) is 11.8 Å². The van der Waals surface area contributed by atoms with Gasteiger partial charge in [0.1, 0.15) is 5.69 Å². The van der Waals surface area contributed by atoms with Crippen LogP contribution in [0.4, 0.5) is 5.69 Å². The van der Waals surface area contributed by atoms with E-state index in [1.54, 1.807) is 12.1 Å². The Labute approximate surface area is 117 Å². The first-order valence-corrected chi connectivity index (χ1v) is 6.42. The minimum atomic E-state index is -0.347. The molecule has 1 aromatic heterocycles. The first-order chi connectivity index (χ1) is 9.50. The maximum atomic E-state index is 12.5. The van der Waals surface area contributed by atoms with E-state index in [0.717, 1.165) is 16.7 Å². The van der Waals surface area contributed by atoms with E-state index in [4.69, 9.17) is 0 Å². The topological polar surface area (TPSA) is 50.3 Å². The first kappa shape index (κ1) is 12.5. The Bertz CT molecular complexity index is 692. The lowest BCUT2D eigenvalue weighted by atomic mass is 10.0. The molecule has 0 aliphatic carbocycles. The summed E-state index contributed by atoms with van der Waals surface area (Å²) in [4.78, 5) is 30.2.